The average Bonchev–Trinajstić information content (AvgIpc) is 2.86. The number of rotatable bonds is 2. The van der Waals surface area contributed by atoms with E-state index in [1.807, 2.05) is 27.7 Å². The lowest BCUT2D eigenvalue weighted by atomic mass is 10.1. The summed E-state index contributed by atoms with van der Waals surface area (Å²) in [4.78, 5) is 25.7. The zero-order chi connectivity index (χ0) is 13.5. The topological polar surface area (TPSA) is 58.6 Å². The highest BCUT2D eigenvalue weighted by molar-refractivity contribution is 5.87. The second kappa shape index (κ2) is 4.44. The van der Waals surface area contributed by atoms with Crippen molar-refractivity contribution in [1.29, 1.82) is 0 Å². The summed E-state index contributed by atoms with van der Waals surface area (Å²) in [6.07, 6.45) is 1.42. The minimum absolute atomic E-state index is 0.0597. The number of likely N-dealkylation sites (tertiary alicyclic amines) is 1. The van der Waals surface area contributed by atoms with Crippen LogP contribution in [0.3, 0.4) is 0 Å². The van der Waals surface area contributed by atoms with Gasteiger partial charge in [-0.2, -0.15) is 0 Å². The minimum Gasteiger partial charge on any atom is -0.444 e. The number of hydrogen-bond donors (Lipinski definition) is 1. The first-order valence-corrected chi connectivity index (χ1v) is 6.62. The maximum absolute atomic E-state index is 12.1. The van der Waals surface area contributed by atoms with Crippen LogP contribution in [0.1, 0.15) is 40.5 Å². The molecule has 5 heteroatoms. The molecule has 3 atom stereocenters. The van der Waals surface area contributed by atoms with Gasteiger partial charge in [0.2, 0.25) is 5.91 Å². The number of fused-ring (bicyclic) bond motifs is 1. The van der Waals surface area contributed by atoms with Crippen molar-refractivity contribution in [3.05, 3.63) is 0 Å². The molecule has 0 bridgehead atoms. The van der Waals surface area contributed by atoms with Crippen LogP contribution in [-0.2, 0) is 9.53 Å². The van der Waals surface area contributed by atoms with Crippen LogP contribution in [0.4, 0.5) is 4.79 Å². The fourth-order valence-electron chi connectivity index (χ4n) is 2.56. The summed E-state index contributed by atoms with van der Waals surface area (Å²) in [6.45, 7) is 7.99. The highest BCUT2D eigenvalue weighted by Crippen LogP contribution is 2.48. The van der Waals surface area contributed by atoms with Crippen molar-refractivity contribution in [2.24, 2.45) is 5.92 Å². The van der Waals surface area contributed by atoms with E-state index < -0.39 is 5.60 Å². The van der Waals surface area contributed by atoms with Crippen molar-refractivity contribution < 1.29 is 14.3 Å². The van der Waals surface area contributed by atoms with Crippen LogP contribution >= 0.6 is 0 Å². The summed E-state index contributed by atoms with van der Waals surface area (Å²) in [5.74, 6) is 0.431. The summed E-state index contributed by atoms with van der Waals surface area (Å²) in [5.41, 5.74) is -0.518. The minimum atomic E-state index is -0.518. The molecule has 1 aliphatic heterocycles. The first-order valence-electron chi connectivity index (χ1n) is 6.62. The second-order valence-corrected chi connectivity index (χ2v) is 6.10. The highest BCUT2D eigenvalue weighted by atomic mass is 16.6. The van der Waals surface area contributed by atoms with Gasteiger partial charge in [0.05, 0.1) is 0 Å². The van der Waals surface area contributed by atoms with Gasteiger partial charge in [0.1, 0.15) is 11.6 Å². The van der Waals surface area contributed by atoms with Gasteiger partial charge in [-0.25, -0.2) is 4.79 Å². The van der Waals surface area contributed by atoms with Crippen molar-refractivity contribution in [2.45, 2.75) is 58.2 Å². The SMILES string of the molecule is CCNC(=O)[C@@H]1C[C@@H]2C[C@@H]2N1C(=O)OC(C)(C)C. The quantitative estimate of drug-likeness (QED) is 0.812. The smallest absolute Gasteiger partial charge is 0.411 e. The summed E-state index contributed by atoms with van der Waals surface area (Å²) in [5, 5.41) is 2.79. The second-order valence-electron chi connectivity index (χ2n) is 6.10. The Morgan fingerprint density at radius 3 is 2.56 bits per heavy atom. The number of carbonyl (C=O) groups excluding carboxylic acids is 2. The van der Waals surface area contributed by atoms with Gasteiger partial charge in [-0.05, 0) is 46.5 Å². The molecular formula is C13H22N2O3. The molecule has 2 rings (SSSR count). The molecular weight excluding hydrogens is 232 g/mol. The molecule has 1 heterocycles. The molecule has 0 unspecified atom stereocenters. The third kappa shape index (κ3) is 2.60. The lowest BCUT2D eigenvalue weighted by Gasteiger charge is -2.29. The maximum atomic E-state index is 12.1. The van der Waals surface area contributed by atoms with Crippen LogP contribution in [0.2, 0.25) is 0 Å². The Morgan fingerprint density at radius 1 is 1.33 bits per heavy atom. The van der Waals surface area contributed by atoms with E-state index in [1.165, 1.54) is 0 Å². The van der Waals surface area contributed by atoms with Gasteiger partial charge in [-0.15, -0.1) is 0 Å². The molecule has 1 saturated carbocycles. The van der Waals surface area contributed by atoms with Gasteiger partial charge < -0.3 is 10.1 Å². The predicted molar refractivity (Wildman–Crippen MR) is 67.1 cm³/mol. The highest BCUT2D eigenvalue weighted by Gasteiger charge is 2.57. The molecule has 5 nitrogen and oxygen atoms in total. The van der Waals surface area contributed by atoms with Gasteiger partial charge in [0.15, 0.2) is 0 Å². The van der Waals surface area contributed by atoms with E-state index in [0.717, 1.165) is 12.8 Å². The van der Waals surface area contributed by atoms with E-state index in [4.69, 9.17) is 4.74 Å². The van der Waals surface area contributed by atoms with Crippen LogP contribution in [-0.4, -0.2) is 41.1 Å². The van der Waals surface area contributed by atoms with E-state index in [2.05, 4.69) is 5.32 Å². The van der Waals surface area contributed by atoms with Gasteiger partial charge in [0.25, 0.3) is 0 Å². The Bertz CT molecular complexity index is 362. The monoisotopic (exact) mass is 254 g/mol. The van der Waals surface area contributed by atoms with Crippen molar-refractivity contribution >= 4 is 12.0 Å². The third-order valence-corrected chi connectivity index (χ3v) is 3.36. The predicted octanol–water partition coefficient (Wildman–Crippen LogP) is 1.52. The fraction of sp³-hybridized carbons (Fsp3) is 0.846. The largest absolute Gasteiger partial charge is 0.444 e. The molecule has 2 fully saturated rings. The van der Waals surface area contributed by atoms with E-state index >= 15 is 0 Å². The van der Waals surface area contributed by atoms with Crippen LogP contribution in [0.15, 0.2) is 0 Å². The number of amides is 2. The van der Waals surface area contributed by atoms with Crippen LogP contribution < -0.4 is 5.32 Å². The Kier molecular flexibility index (Phi) is 3.25. The zero-order valence-electron chi connectivity index (χ0n) is 11.5. The maximum Gasteiger partial charge on any atom is 0.411 e. The van der Waals surface area contributed by atoms with Crippen LogP contribution in [0.25, 0.3) is 0 Å². The Labute approximate surface area is 108 Å². The Balaban J connectivity index is 2.04. The Hall–Kier alpha value is -1.26. The van der Waals surface area contributed by atoms with Gasteiger partial charge in [-0.3, -0.25) is 9.69 Å². The van der Waals surface area contributed by atoms with Crippen molar-refractivity contribution in [3.8, 4) is 0 Å². The molecule has 0 radical (unpaired) electrons. The van der Waals surface area contributed by atoms with Crippen molar-refractivity contribution in [1.82, 2.24) is 10.2 Å². The van der Waals surface area contributed by atoms with Gasteiger partial charge in [-0.1, -0.05) is 0 Å². The lowest BCUT2D eigenvalue weighted by Crippen LogP contribution is -2.49. The molecule has 0 aromatic rings. The summed E-state index contributed by atoms with van der Waals surface area (Å²) < 4.78 is 5.38. The van der Waals surface area contributed by atoms with Crippen molar-refractivity contribution in [3.63, 3.8) is 0 Å². The van der Waals surface area contributed by atoms with Crippen LogP contribution in [0.5, 0.6) is 0 Å². The molecule has 18 heavy (non-hydrogen) atoms. The first-order chi connectivity index (χ1) is 8.33. The van der Waals surface area contributed by atoms with E-state index in [0.29, 0.717) is 12.5 Å². The molecule has 102 valence electrons. The number of ether oxygens (including phenoxy) is 1. The first kappa shape index (κ1) is 13.2. The summed E-state index contributed by atoms with van der Waals surface area (Å²) in [7, 11) is 0. The standard InChI is InChI=1S/C13H22N2O3/c1-5-14-11(16)10-7-8-6-9(8)15(10)12(17)18-13(2,3)4/h8-10H,5-7H2,1-4H3,(H,14,16)/t8-,9-,10-/m0/s1. The zero-order valence-corrected chi connectivity index (χ0v) is 11.5. The normalized spacial score (nSPS) is 29.8. The molecule has 2 amide bonds. The number of carbonyl (C=O) groups is 2. The fourth-order valence-corrected chi connectivity index (χ4v) is 2.56. The lowest BCUT2D eigenvalue weighted by molar-refractivity contribution is -0.125. The number of piperidine rings is 1. The van der Waals surface area contributed by atoms with Crippen molar-refractivity contribution in [2.75, 3.05) is 6.54 Å². The molecule has 1 saturated heterocycles. The van der Waals surface area contributed by atoms with Gasteiger partial charge >= 0.3 is 6.09 Å². The van der Waals surface area contributed by atoms with E-state index in [9.17, 15) is 9.59 Å². The summed E-state index contributed by atoms with van der Waals surface area (Å²) in [6, 6.07) is -0.129. The average molecular weight is 254 g/mol. The Morgan fingerprint density at radius 2 is 2.00 bits per heavy atom. The van der Waals surface area contributed by atoms with E-state index in [-0.39, 0.29) is 24.1 Å². The summed E-state index contributed by atoms with van der Waals surface area (Å²) >= 11 is 0. The molecule has 0 spiro atoms. The number of likely N-dealkylation sites (N-methyl/N-ethyl adjacent to an activating group) is 1. The third-order valence-electron chi connectivity index (χ3n) is 3.36. The number of nitrogens with one attached hydrogen (secondary N) is 1. The molecule has 0 aromatic heterocycles. The van der Waals surface area contributed by atoms with E-state index in [1.54, 1.807) is 4.90 Å². The molecule has 0 aromatic carbocycles. The number of nitrogens with zero attached hydrogens (tertiary/aromatic N) is 1. The van der Waals surface area contributed by atoms with Gasteiger partial charge in [0, 0.05) is 12.6 Å². The molecule has 1 aliphatic carbocycles. The van der Waals surface area contributed by atoms with Crippen LogP contribution in [0, 0.1) is 5.92 Å². The molecule has 1 N–H and O–H groups in total. The molecule has 2 aliphatic rings. The number of hydrogen-bond acceptors (Lipinski definition) is 3.